The number of hydrogen-bond acceptors (Lipinski definition) is 2. The molecule has 4 nitrogen and oxygen atoms in total. The largest absolute Gasteiger partial charge is 0.354 e. The van der Waals surface area contributed by atoms with E-state index in [4.69, 9.17) is 0 Å². The summed E-state index contributed by atoms with van der Waals surface area (Å²) in [5.41, 5.74) is 2.73. The van der Waals surface area contributed by atoms with Gasteiger partial charge in [-0.25, -0.2) is 4.39 Å². The maximum atomic E-state index is 14.2. The molecule has 0 aliphatic rings. The lowest BCUT2D eigenvalue weighted by Crippen LogP contribution is -2.48. The van der Waals surface area contributed by atoms with E-state index < -0.39 is 6.04 Å². The first kappa shape index (κ1) is 23.6. The summed E-state index contributed by atoms with van der Waals surface area (Å²) in [6.07, 6.45) is 1.82. The van der Waals surface area contributed by atoms with Crippen molar-refractivity contribution in [2.45, 2.75) is 59.5 Å². The Balaban J connectivity index is 2.12. The second kappa shape index (κ2) is 11.5. The number of amides is 2. The first-order valence-electron chi connectivity index (χ1n) is 10.7. The summed E-state index contributed by atoms with van der Waals surface area (Å²) in [6.45, 7) is 8.43. The molecule has 0 saturated heterocycles. The molecule has 0 bridgehead atoms. The van der Waals surface area contributed by atoms with Gasteiger partial charge in [-0.05, 0) is 42.9 Å². The van der Waals surface area contributed by atoms with Gasteiger partial charge in [0, 0.05) is 25.1 Å². The highest BCUT2D eigenvalue weighted by atomic mass is 19.1. The lowest BCUT2D eigenvalue weighted by Gasteiger charge is -2.29. The van der Waals surface area contributed by atoms with E-state index in [1.807, 2.05) is 26.0 Å². The van der Waals surface area contributed by atoms with Crippen LogP contribution in [-0.4, -0.2) is 29.3 Å². The van der Waals surface area contributed by atoms with Crippen molar-refractivity contribution < 1.29 is 14.0 Å². The molecule has 2 amide bonds. The standard InChI is InChI=1S/C25H33FN2O2/c1-5-20-10-12-21(13-11-20)14-15-24(29)28(17-22-8-6-7-9-23(22)26)19(4)25(30)27-16-18(2)3/h6-13,18-19H,5,14-17H2,1-4H3,(H,27,30)/t19-/m1/s1. The second-order valence-corrected chi connectivity index (χ2v) is 8.10. The molecular formula is C25H33FN2O2. The molecule has 2 rings (SSSR count). The Labute approximate surface area is 179 Å². The molecule has 0 heterocycles. The number of carbonyl (C=O) groups excluding carboxylic acids is 2. The maximum absolute atomic E-state index is 14.2. The number of carbonyl (C=O) groups is 2. The molecule has 0 fully saturated rings. The number of rotatable bonds is 10. The van der Waals surface area contributed by atoms with Gasteiger partial charge < -0.3 is 10.2 Å². The number of nitrogens with one attached hydrogen (secondary N) is 1. The quantitative estimate of drug-likeness (QED) is 0.624. The van der Waals surface area contributed by atoms with Gasteiger partial charge in [-0.1, -0.05) is 63.2 Å². The summed E-state index contributed by atoms with van der Waals surface area (Å²) in [7, 11) is 0. The minimum absolute atomic E-state index is 0.0660. The molecule has 2 aromatic rings. The summed E-state index contributed by atoms with van der Waals surface area (Å²) in [5.74, 6) is -0.450. The van der Waals surface area contributed by atoms with Crippen LogP contribution in [0.5, 0.6) is 0 Å². The van der Waals surface area contributed by atoms with Crippen molar-refractivity contribution in [3.63, 3.8) is 0 Å². The topological polar surface area (TPSA) is 49.4 Å². The highest BCUT2D eigenvalue weighted by Crippen LogP contribution is 2.16. The Hall–Kier alpha value is -2.69. The molecule has 5 heteroatoms. The third-order valence-electron chi connectivity index (χ3n) is 5.21. The van der Waals surface area contributed by atoms with Crippen molar-refractivity contribution in [2.24, 2.45) is 5.92 Å². The number of halogens is 1. The van der Waals surface area contributed by atoms with E-state index in [-0.39, 0.29) is 30.6 Å². The molecule has 1 atom stereocenters. The zero-order valence-corrected chi connectivity index (χ0v) is 18.5. The lowest BCUT2D eigenvalue weighted by molar-refractivity contribution is -0.140. The van der Waals surface area contributed by atoms with E-state index in [0.717, 1.165) is 12.0 Å². The zero-order valence-electron chi connectivity index (χ0n) is 18.5. The molecule has 0 radical (unpaired) electrons. The Morgan fingerprint density at radius 3 is 2.23 bits per heavy atom. The van der Waals surface area contributed by atoms with Crippen LogP contribution in [-0.2, 0) is 29.0 Å². The van der Waals surface area contributed by atoms with Gasteiger partial charge in [0.1, 0.15) is 11.9 Å². The summed E-state index contributed by atoms with van der Waals surface area (Å²) >= 11 is 0. The highest BCUT2D eigenvalue weighted by molar-refractivity contribution is 5.87. The number of aryl methyl sites for hydroxylation is 2. The molecule has 1 N–H and O–H groups in total. The van der Waals surface area contributed by atoms with Gasteiger partial charge in [-0.2, -0.15) is 0 Å². The third-order valence-corrected chi connectivity index (χ3v) is 5.21. The first-order valence-corrected chi connectivity index (χ1v) is 10.7. The maximum Gasteiger partial charge on any atom is 0.242 e. The first-order chi connectivity index (χ1) is 14.3. The lowest BCUT2D eigenvalue weighted by atomic mass is 10.0. The van der Waals surface area contributed by atoms with E-state index >= 15 is 0 Å². The van der Waals surface area contributed by atoms with Crippen molar-refractivity contribution in [1.82, 2.24) is 10.2 Å². The average Bonchev–Trinajstić information content (AvgIpc) is 2.75. The van der Waals surface area contributed by atoms with Gasteiger partial charge in [-0.15, -0.1) is 0 Å². The van der Waals surface area contributed by atoms with Crippen LogP contribution in [0, 0.1) is 11.7 Å². The third kappa shape index (κ3) is 6.97. The average molecular weight is 413 g/mol. The van der Waals surface area contributed by atoms with Crippen LogP contribution in [0.2, 0.25) is 0 Å². The normalized spacial score (nSPS) is 11.9. The predicted octanol–water partition coefficient (Wildman–Crippen LogP) is 4.51. The fourth-order valence-corrected chi connectivity index (χ4v) is 3.18. The Morgan fingerprint density at radius 1 is 1.00 bits per heavy atom. The molecule has 0 spiro atoms. The van der Waals surface area contributed by atoms with Crippen LogP contribution < -0.4 is 5.32 Å². The molecule has 2 aromatic carbocycles. The monoisotopic (exact) mass is 412 g/mol. The number of nitrogens with zero attached hydrogens (tertiary/aromatic N) is 1. The molecule has 0 aliphatic carbocycles. The summed E-state index contributed by atoms with van der Waals surface area (Å²) in [5, 5.41) is 2.88. The van der Waals surface area contributed by atoms with Crippen LogP contribution in [0.1, 0.15) is 50.8 Å². The van der Waals surface area contributed by atoms with E-state index in [1.165, 1.54) is 16.5 Å². The molecule has 30 heavy (non-hydrogen) atoms. The fourth-order valence-electron chi connectivity index (χ4n) is 3.18. The number of benzene rings is 2. The van der Waals surface area contributed by atoms with Gasteiger partial charge >= 0.3 is 0 Å². The van der Waals surface area contributed by atoms with Crippen LogP contribution in [0.25, 0.3) is 0 Å². The highest BCUT2D eigenvalue weighted by Gasteiger charge is 2.26. The van der Waals surface area contributed by atoms with Crippen molar-refractivity contribution >= 4 is 11.8 Å². The van der Waals surface area contributed by atoms with Crippen molar-refractivity contribution in [3.05, 3.63) is 71.0 Å². The van der Waals surface area contributed by atoms with Gasteiger partial charge in [-0.3, -0.25) is 9.59 Å². The molecule has 0 aliphatic heterocycles. The molecule has 162 valence electrons. The second-order valence-electron chi connectivity index (χ2n) is 8.10. The minimum atomic E-state index is -0.682. The van der Waals surface area contributed by atoms with Crippen LogP contribution in [0.3, 0.4) is 0 Å². The summed E-state index contributed by atoms with van der Waals surface area (Å²) < 4.78 is 14.2. The van der Waals surface area contributed by atoms with Gasteiger partial charge in [0.15, 0.2) is 0 Å². The van der Waals surface area contributed by atoms with Crippen molar-refractivity contribution in [1.29, 1.82) is 0 Å². The van der Waals surface area contributed by atoms with Crippen LogP contribution in [0.15, 0.2) is 48.5 Å². The molecular weight excluding hydrogens is 379 g/mol. The zero-order chi connectivity index (χ0) is 22.1. The molecule has 0 unspecified atom stereocenters. The summed E-state index contributed by atoms with van der Waals surface area (Å²) in [4.78, 5) is 27.2. The van der Waals surface area contributed by atoms with Crippen LogP contribution >= 0.6 is 0 Å². The van der Waals surface area contributed by atoms with E-state index in [9.17, 15) is 14.0 Å². The van der Waals surface area contributed by atoms with E-state index in [0.29, 0.717) is 24.4 Å². The molecule has 0 saturated carbocycles. The van der Waals surface area contributed by atoms with Gasteiger partial charge in [0.25, 0.3) is 0 Å². The smallest absolute Gasteiger partial charge is 0.242 e. The SMILES string of the molecule is CCc1ccc(CCC(=O)N(Cc2ccccc2F)[C@H](C)C(=O)NCC(C)C)cc1. The van der Waals surface area contributed by atoms with Gasteiger partial charge in [0.2, 0.25) is 11.8 Å². The van der Waals surface area contributed by atoms with Crippen molar-refractivity contribution in [2.75, 3.05) is 6.54 Å². The van der Waals surface area contributed by atoms with E-state index in [1.54, 1.807) is 25.1 Å². The Morgan fingerprint density at radius 2 is 1.63 bits per heavy atom. The number of hydrogen-bond donors (Lipinski definition) is 1. The fraction of sp³-hybridized carbons (Fsp3) is 0.440. The van der Waals surface area contributed by atoms with Crippen LogP contribution in [0.4, 0.5) is 4.39 Å². The van der Waals surface area contributed by atoms with E-state index in [2.05, 4.69) is 24.4 Å². The van der Waals surface area contributed by atoms with Crippen molar-refractivity contribution in [3.8, 4) is 0 Å². The molecule has 0 aromatic heterocycles. The minimum Gasteiger partial charge on any atom is -0.354 e. The van der Waals surface area contributed by atoms with Gasteiger partial charge in [0.05, 0.1) is 0 Å². The summed E-state index contributed by atoms with van der Waals surface area (Å²) in [6, 6.07) is 13.9. The Kier molecular flexibility index (Phi) is 9.03. The Bertz CT molecular complexity index is 833. The predicted molar refractivity (Wildman–Crippen MR) is 118 cm³/mol.